The first-order chi connectivity index (χ1) is 16.0. The molecule has 10 heteroatoms. The van der Waals surface area contributed by atoms with Gasteiger partial charge in [0.2, 0.25) is 11.8 Å². The van der Waals surface area contributed by atoms with Crippen LogP contribution in [0.3, 0.4) is 0 Å². The van der Waals surface area contributed by atoms with Crippen LogP contribution in [0, 0.1) is 12.3 Å². The number of morpholine rings is 1. The lowest BCUT2D eigenvalue weighted by Gasteiger charge is -2.40. The second-order valence-electron chi connectivity index (χ2n) is 9.46. The minimum absolute atomic E-state index is 0.114. The van der Waals surface area contributed by atoms with Crippen molar-refractivity contribution in [1.82, 2.24) is 20.5 Å². The van der Waals surface area contributed by atoms with Gasteiger partial charge in [-0.15, -0.1) is 11.3 Å². The predicted molar refractivity (Wildman–Crippen MR) is 141 cm³/mol. The van der Waals surface area contributed by atoms with Crippen LogP contribution in [-0.2, 0) is 14.3 Å². The zero-order valence-electron chi connectivity index (χ0n) is 20.1. The van der Waals surface area contributed by atoms with E-state index in [4.69, 9.17) is 4.74 Å². The van der Waals surface area contributed by atoms with Crippen LogP contribution in [0.25, 0.3) is 10.4 Å². The van der Waals surface area contributed by atoms with Gasteiger partial charge in [-0.3, -0.25) is 14.4 Å². The van der Waals surface area contributed by atoms with Crippen molar-refractivity contribution in [2.45, 2.75) is 52.7 Å². The van der Waals surface area contributed by atoms with Crippen molar-refractivity contribution < 1.29 is 19.1 Å². The molecule has 1 fully saturated rings. The van der Waals surface area contributed by atoms with Crippen LogP contribution >= 0.6 is 33.9 Å². The van der Waals surface area contributed by atoms with Crippen molar-refractivity contribution >= 4 is 49.7 Å². The molecule has 1 aliphatic heterocycles. The average molecular weight is 599 g/mol. The molecule has 0 radical (unpaired) electrons. The summed E-state index contributed by atoms with van der Waals surface area (Å²) < 4.78 is 5.22. The number of hydrogen-bond acceptors (Lipinski definition) is 6. The molecule has 1 aliphatic rings. The molecule has 8 nitrogen and oxygen atoms in total. The summed E-state index contributed by atoms with van der Waals surface area (Å²) in [6.45, 7) is 10.3. The quantitative estimate of drug-likeness (QED) is 0.297. The number of rotatable bonds is 6. The molecule has 2 N–H and O–H groups in total. The first-order valence-corrected chi connectivity index (χ1v) is 13.1. The maximum atomic E-state index is 13.4. The van der Waals surface area contributed by atoms with Crippen LogP contribution in [0.5, 0.6) is 0 Å². The zero-order valence-corrected chi connectivity index (χ0v) is 23.0. The highest BCUT2D eigenvalue weighted by Gasteiger charge is 2.41. The lowest BCUT2D eigenvalue weighted by Crippen LogP contribution is -2.62. The molecule has 1 aromatic carbocycles. The summed E-state index contributed by atoms with van der Waals surface area (Å²) in [5.74, 6) is -0.561. The minimum atomic E-state index is -0.765. The number of hydrogen-bond donors (Lipinski definition) is 2. The van der Waals surface area contributed by atoms with E-state index in [1.807, 2.05) is 64.4 Å². The Bertz CT molecular complexity index is 1030. The van der Waals surface area contributed by atoms with Gasteiger partial charge in [-0.1, -0.05) is 45.0 Å². The number of nitrogens with one attached hydrogen (secondary N) is 2. The summed E-state index contributed by atoms with van der Waals surface area (Å²) in [4.78, 5) is 45.3. The van der Waals surface area contributed by atoms with Gasteiger partial charge in [-0.25, -0.2) is 4.98 Å². The Hall–Kier alpha value is -2.05. The summed E-state index contributed by atoms with van der Waals surface area (Å²) in [7, 11) is 0. The molecular weight excluding hydrogens is 567 g/mol. The second kappa shape index (κ2) is 11.1. The van der Waals surface area contributed by atoms with Gasteiger partial charge in [-0.05, 0) is 30.4 Å². The number of nitrogens with zero attached hydrogens (tertiary/aromatic N) is 2. The first kappa shape index (κ1) is 26.6. The Morgan fingerprint density at radius 2 is 1.88 bits per heavy atom. The van der Waals surface area contributed by atoms with Gasteiger partial charge in [0.1, 0.15) is 12.1 Å². The Kier molecular flexibility index (Phi) is 8.69. The van der Waals surface area contributed by atoms with Crippen molar-refractivity contribution in [3.05, 3.63) is 41.0 Å². The number of aryl methyl sites for hydroxylation is 1. The Labute approximate surface area is 218 Å². The van der Waals surface area contributed by atoms with E-state index in [1.165, 1.54) is 4.90 Å². The Balaban J connectivity index is 1.72. The molecule has 3 amide bonds. The average Bonchev–Trinajstić information content (AvgIpc) is 3.22. The summed E-state index contributed by atoms with van der Waals surface area (Å²) in [6, 6.07) is 6.27. The maximum Gasteiger partial charge on any atom is 0.281 e. The van der Waals surface area contributed by atoms with Crippen LogP contribution in [0.2, 0.25) is 0 Å². The highest BCUT2D eigenvalue weighted by molar-refractivity contribution is 14.1. The number of benzene rings is 1. The van der Waals surface area contributed by atoms with E-state index in [0.29, 0.717) is 6.61 Å². The van der Waals surface area contributed by atoms with E-state index < -0.39 is 17.5 Å². The van der Waals surface area contributed by atoms with Crippen molar-refractivity contribution in [1.29, 1.82) is 0 Å². The first-order valence-electron chi connectivity index (χ1n) is 11.1. The van der Waals surface area contributed by atoms with E-state index in [0.717, 1.165) is 21.7 Å². The summed E-state index contributed by atoms with van der Waals surface area (Å²) >= 11 is 3.22. The molecule has 184 valence electrons. The lowest BCUT2D eigenvalue weighted by atomic mass is 9.85. The lowest BCUT2D eigenvalue weighted by molar-refractivity contribution is -0.152. The number of thiazole rings is 1. The molecular formula is C24H31IN4O4S. The summed E-state index contributed by atoms with van der Waals surface area (Å²) in [5.41, 5.74) is 4.36. The SMILES string of the molecule is Cc1ncsc1-c1ccc([C@H](C)NC(=O)[C@@H]2COCCN2C(=O)[C@@H](NC(=O)I)C(C)(C)C)cc1. The fraction of sp³-hybridized carbons (Fsp3) is 0.500. The number of aromatic nitrogens is 1. The highest BCUT2D eigenvalue weighted by atomic mass is 127. The molecule has 3 atom stereocenters. The fourth-order valence-corrected chi connectivity index (χ4v) is 5.03. The van der Waals surface area contributed by atoms with Crippen LogP contribution < -0.4 is 10.6 Å². The van der Waals surface area contributed by atoms with Crippen LogP contribution in [0.1, 0.15) is 45.0 Å². The molecule has 0 unspecified atom stereocenters. The molecule has 1 aromatic heterocycles. The number of carbonyl (C=O) groups excluding carboxylic acids is 3. The van der Waals surface area contributed by atoms with Crippen molar-refractivity contribution in [2.24, 2.45) is 5.41 Å². The second-order valence-corrected chi connectivity index (χ2v) is 11.3. The zero-order chi connectivity index (χ0) is 25.0. The molecule has 0 aliphatic carbocycles. The van der Waals surface area contributed by atoms with Crippen molar-refractivity contribution in [3.63, 3.8) is 0 Å². The van der Waals surface area contributed by atoms with Crippen LogP contribution in [-0.4, -0.2) is 57.5 Å². The predicted octanol–water partition coefficient (Wildman–Crippen LogP) is 4.08. The van der Waals surface area contributed by atoms with Crippen molar-refractivity contribution in [3.8, 4) is 10.4 Å². The summed E-state index contributed by atoms with van der Waals surface area (Å²) in [5, 5.41) is 5.77. The number of carbonyl (C=O) groups is 3. The third-order valence-corrected chi connectivity index (χ3v) is 7.15. The minimum Gasteiger partial charge on any atom is -0.377 e. The summed E-state index contributed by atoms with van der Waals surface area (Å²) in [6.07, 6.45) is 0. The monoisotopic (exact) mass is 598 g/mol. The van der Waals surface area contributed by atoms with Gasteiger partial charge in [0.25, 0.3) is 3.91 Å². The normalized spacial score (nSPS) is 18.2. The van der Waals surface area contributed by atoms with Gasteiger partial charge in [0.05, 0.1) is 35.3 Å². The van der Waals surface area contributed by atoms with Gasteiger partial charge < -0.3 is 20.3 Å². The van der Waals surface area contributed by atoms with Crippen LogP contribution in [0.15, 0.2) is 29.8 Å². The standard InChI is InChI=1S/C24H31IN4O4S/c1-14(16-6-8-17(9-7-16)19-15(2)26-13-34-19)27-21(30)18-12-33-11-10-29(18)22(31)20(24(3,4)5)28-23(25)32/h6-9,13-14,18,20H,10-12H2,1-5H3,(H,27,30)(H,28,32)/t14-,18-,20+/m0/s1. The van der Waals surface area contributed by atoms with E-state index in [-0.39, 0.29) is 34.9 Å². The van der Waals surface area contributed by atoms with Gasteiger partial charge in [-0.2, -0.15) is 0 Å². The highest BCUT2D eigenvalue weighted by Crippen LogP contribution is 2.28. The van der Waals surface area contributed by atoms with E-state index in [9.17, 15) is 14.4 Å². The molecule has 34 heavy (non-hydrogen) atoms. The number of ether oxygens (including phenoxy) is 1. The van der Waals surface area contributed by atoms with E-state index in [2.05, 4.69) is 15.6 Å². The largest absolute Gasteiger partial charge is 0.377 e. The third-order valence-electron chi connectivity index (χ3n) is 5.86. The molecule has 0 saturated carbocycles. The molecule has 0 bridgehead atoms. The third kappa shape index (κ3) is 6.33. The Morgan fingerprint density at radius 3 is 2.44 bits per heavy atom. The maximum absolute atomic E-state index is 13.4. The van der Waals surface area contributed by atoms with Crippen molar-refractivity contribution in [2.75, 3.05) is 19.8 Å². The number of amides is 3. The van der Waals surface area contributed by atoms with E-state index in [1.54, 1.807) is 33.9 Å². The van der Waals surface area contributed by atoms with Gasteiger partial charge >= 0.3 is 0 Å². The fourth-order valence-electron chi connectivity index (χ4n) is 3.91. The van der Waals surface area contributed by atoms with Crippen LogP contribution in [0.4, 0.5) is 4.79 Å². The van der Waals surface area contributed by atoms with Gasteiger partial charge in [0, 0.05) is 29.1 Å². The smallest absolute Gasteiger partial charge is 0.281 e. The molecule has 2 heterocycles. The van der Waals surface area contributed by atoms with E-state index >= 15 is 0 Å². The molecule has 0 spiro atoms. The van der Waals surface area contributed by atoms with Gasteiger partial charge in [0.15, 0.2) is 0 Å². The Morgan fingerprint density at radius 1 is 1.21 bits per heavy atom. The topological polar surface area (TPSA) is 101 Å². The molecule has 1 saturated heterocycles. The molecule has 3 rings (SSSR count). The number of halogens is 1. The molecule has 2 aromatic rings.